The second-order valence-electron chi connectivity index (χ2n) is 7.52. The molecule has 0 saturated heterocycles. The molecule has 0 aliphatic carbocycles. The second-order valence-corrected chi connectivity index (χ2v) is 8.38. The summed E-state index contributed by atoms with van der Waals surface area (Å²) in [4.78, 5) is 22.7. The van der Waals surface area contributed by atoms with E-state index in [0.717, 1.165) is 11.1 Å². The number of ether oxygens (including phenoxy) is 4. The van der Waals surface area contributed by atoms with E-state index in [9.17, 15) is 14.9 Å². The Hall–Kier alpha value is -4.31. The van der Waals surface area contributed by atoms with E-state index >= 15 is 0 Å². The molecular weight excluding hydrogens is 544 g/mol. The van der Waals surface area contributed by atoms with Gasteiger partial charge in [0, 0.05) is 30.0 Å². The average Bonchev–Trinajstić information content (AvgIpc) is 2.91. The fraction of sp³-hybridized carbons (Fsp3) is 0.148. The second kappa shape index (κ2) is 12.6. The molecule has 3 rings (SSSR count). The molecule has 10 heteroatoms. The number of nitro benzene ring substituents is 1. The van der Waals surface area contributed by atoms with Gasteiger partial charge in [-0.2, -0.15) is 0 Å². The van der Waals surface area contributed by atoms with Gasteiger partial charge in [0.15, 0.2) is 23.0 Å². The van der Waals surface area contributed by atoms with Gasteiger partial charge in [0.25, 0.3) is 5.69 Å². The topological polar surface area (TPSA) is 109 Å². The number of nitrogens with zero attached hydrogens (tertiary/aromatic N) is 1. The number of benzene rings is 3. The Kier molecular flexibility index (Phi) is 9.28. The highest BCUT2D eigenvalue weighted by Gasteiger charge is 2.13. The largest absolute Gasteiger partial charge is 0.493 e. The molecule has 37 heavy (non-hydrogen) atoms. The standard InChI is InChI=1S/C27H25BrN2O7/c1-34-24-15-18(16-25(35-2)27(24)37-4)6-5-17-13-21(28)26(36-3)22(14-17)29-12-11-23(31)19-7-9-20(10-8-19)30(32)33/h5-16,29H,1-4H3. The predicted molar refractivity (Wildman–Crippen MR) is 146 cm³/mol. The van der Waals surface area contributed by atoms with Crippen molar-refractivity contribution in [3.63, 3.8) is 0 Å². The summed E-state index contributed by atoms with van der Waals surface area (Å²) < 4.78 is 22.4. The van der Waals surface area contributed by atoms with Crippen LogP contribution >= 0.6 is 15.9 Å². The molecule has 0 radical (unpaired) electrons. The van der Waals surface area contributed by atoms with E-state index in [1.54, 1.807) is 28.4 Å². The molecule has 192 valence electrons. The van der Waals surface area contributed by atoms with Crippen molar-refractivity contribution in [2.45, 2.75) is 0 Å². The van der Waals surface area contributed by atoms with Crippen LogP contribution in [0.4, 0.5) is 11.4 Å². The highest BCUT2D eigenvalue weighted by molar-refractivity contribution is 9.10. The first-order chi connectivity index (χ1) is 17.8. The van der Waals surface area contributed by atoms with E-state index in [1.807, 2.05) is 36.4 Å². The van der Waals surface area contributed by atoms with Gasteiger partial charge >= 0.3 is 0 Å². The minimum atomic E-state index is -0.515. The van der Waals surface area contributed by atoms with Crippen LogP contribution in [-0.4, -0.2) is 39.1 Å². The maximum absolute atomic E-state index is 12.4. The van der Waals surface area contributed by atoms with Crippen LogP contribution in [0, 0.1) is 10.1 Å². The summed E-state index contributed by atoms with van der Waals surface area (Å²) in [6.07, 6.45) is 6.63. The lowest BCUT2D eigenvalue weighted by Gasteiger charge is -2.13. The number of nitrogens with one attached hydrogen (secondary N) is 1. The van der Waals surface area contributed by atoms with Crippen molar-refractivity contribution in [2.24, 2.45) is 0 Å². The highest BCUT2D eigenvalue weighted by atomic mass is 79.9. The van der Waals surface area contributed by atoms with Gasteiger partial charge in [-0.05, 0) is 63.5 Å². The molecule has 1 N–H and O–H groups in total. The van der Waals surface area contributed by atoms with Crippen molar-refractivity contribution in [3.8, 4) is 23.0 Å². The van der Waals surface area contributed by atoms with E-state index in [4.69, 9.17) is 18.9 Å². The third-order valence-corrected chi connectivity index (χ3v) is 5.85. The van der Waals surface area contributed by atoms with Gasteiger partial charge in [0.2, 0.25) is 5.75 Å². The van der Waals surface area contributed by atoms with Gasteiger partial charge in [-0.15, -0.1) is 0 Å². The monoisotopic (exact) mass is 568 g/mol. The molecular formula is C27H25BrN2O7. The molecule has 0 amide bonds. The molecule has 0 aromatic heterocycles. The average molecular weight is 569 g/mol. The number of halogens is 1. The van der Waals surface area contributed by atoms with E-state index < -0.39 is 4.92 Å². The summed E-state index contributed by atoms with van der Waals surface area (Å²) in [7, 11) is 6.21. The smallest absolute Gasteiger partial charge is 0.269 e. The van der Waals surface area contributed by atoms with Crippen molar-refractivity contribution >= 4 is 45.2 Å². The van der Waals surface area contributed by atoms with Crippen molar-refractivity contribution in [3.05, 3.63) is 92.1 Å². The number of methoxy groups -OCH3 is 4. The molecule has 0 aliphatic heterocycles. The maximum Gasteiger partial charge on any atom is 0.269 e. The van der Waals surface area contributed by atoms with Crippen molar-refractivity contribution < 1.29 is 28.7 Å². The molecule has 9 nitrogen and oxygen atoms in total. The lowest BCUT2D eigenvalue weighted by atomic mass is 10.1. The molecule has 0 heterocycles. The minimum Gasteiger partial charge on any atom is -0.493 e. The first-order valence-electron chi connectivity index (χ1n) is 10.9. The first-order valence-corrected chi connectivity index (χ1v) is 11.7. The molecule has 3 aromatic carbocycles. The Bertz CT molecular complexity index is 1330. The summed E-state index contributed by atoms with van der Waals surface area (Å²) in [5.74, 6) is 1.84. The van der Waals surface area contributed by atoms with E-state index in [-0.39, 0.29) is 11.5 Å². The van der Waals surface area contributed by atoms with Crippen molar-refractivity contribution in [2.75, 3.05) is 33.8 Å². The number of non-ortho nitro benzene ring substituents is 1. The SMILES string of the molecule is COc1cc(C=Cc2cc(Br)c(OC)c(NC=CC(=O)c3ccc([N+](=O)[O-])cc3)c2)cc(OC)c1OC. The maximum atomic E-state index is 12.4. The number of ketones is 1. The number of anilines is 1. The van der Waals surface area contributed by atoms with Crippen molar-refractivity contribution in [1.82, 2.24) is 0 Å². The Morgan fingerprint density at radius 1 is 0.865 bits per heavy atom. The van der Waals surface area contributed by atoms with Gasteiger partial charge in [0.1, 0.15) is 0 Å². The van der Waals surface area contributed by atoms with Gasteiger partial charge in [-0.3, -0.25) is 14.9 Å². The fourth-order valence-electron chi connectivity index (χ4n) is 3.47. The Morgan fingerprint density at radius 2 is 1.43 bits per heavy atom. The summed E-state index contributed by atoms with van der Waals surface area (Å²) in [6.45, 7) is 0. The summed E-state index contributed by atoms with van der Waals surface area (Å²) in [5.41, 5.74) is 2.56. The van der Waals surface area contributed by atoms with E-state index in [0.29, 0.717) is 38.7 Å². The van der Waals surface area contributed by atoms with E-state index in [2.05, 4.69) is 21.2 Å². The zero-order valence-electron chi connectivity index (χ0n) is 20.6. The van der Waals surface area contributed by atoms with Gasteiger partial charge in [0.05, 0.1) is 43.5 Å². The van der Waals surface area contributed by atoms with Crippen LogP contribution in [0.15, 0.2) is 65.3 Å². The lowest BCUT2D eigenvalue weighted by Crippen LogP contribution is -1.99. The zero-order valence-corrected chi connectivity index (χ0v) is 22.2. The first kappa shape index (κ1) is 27.3. The molecule has 0 saturated carbocycles. The Morgan fingerprint density at radius 3 is 1.95 bits per heavy atom. The molecule has 0 aliphatic rings. The number of nitro groups is 1. The summed E-state index contributed by atoms with van der Waals surface area (Å²) >= 11 is 3.52. The summed E-state index contributed by atoms with van der Waals surface area (Å²) in [6, 6.07) is 12.8. The molecule has 3 aromatic rings. The highest BCUT2D eigenvalue weighted by Crippen LogP contribution is 2.39. The predicted octanol–water partition coefficient (Wildman–Crippen LogP) is 6.37. The molecule has 0 atom stereocenters. The van der Waals surface area contributed by atoms with Crippen molar-refractivity contribution in [1.29, 1.82) is 0 Å². The zero-order chi connectivity index (χ0) is 26.9. The minimum absolute atomic E-state index is 0.0790. The molecule has 0 fully saturated rings. The van der Waals surface area contributed by atoms with Crippen LogP contribution in [0.3, 0.4) is 0 Å². The number of carbonyl (C=O) groups is 1. The quantitative estimate of drug-likeness (QED) is 0.0933. The van der Waals surface area contributed by atoms with E-state index in [1.165, 1.54) is 36.5 Å². The fourth-order valence-corrected chi connectivity index (χ4v) is 4.11. The molecule has 0 bridgehead atoms. The number of rotatable bonds is 11. The lowest BCUT2D eigenvalue weighted by molar-refractivity contribution is -0.384. The van der Waals surface area contributed by atoms with Gasteiger partial charge in [-0.25, -0.2) is 0 Å². The van der Waals surface area contributed by atoms with Crippen LogP contribution in [0.2, 0.25) is 0 Å². The Labute approximate surface area is 222 Å². The number of carbonyl (C=O) groups excluding carboxylic acids is 1. The number of hydrogen-bond acceptors (Lipinski definition) is 8. The van der Waals surface area contributed by atoms with Crippen LogP contribution in [0.5, 0.6) is 23.0 Å². The normalized spacial score (nSPS) is 10.9. The summed E-state index contributed by atoms with van der Waals surface area (Å²) in [5, 5.41) is 13.9. The van der Waals surface area contributed by atoms with Crippen LogP contribution in [0.1, 0.15) is 21.5 Å². The number of allylic oxidation sites excluding steroid dienone is 1. The van der Waals surface area contributed by atoms with Crippen LogP contribution in [-0.2, 0) is 0 Å². The van der Waals surface area contributed by atoms with Crippen LogP contribution in [0.25, 0.3) is 12.2 Å². The van der Waals surface area contributed by atoms with Crippen LogP contribution < -0.4 is 24.3 Å². The Balaban J connectivity index is 1.83. The number of hydrogen-bond donors (Lipinski definition) is 1. The third kappa shape index (κ3) is 6.68. The van der Waals surface area contributed by atoms with Gasteiger partial charge < -0.3 is 24.3 Å². The van der Waals surface area contributed by atoms with Gasteiger partial charge in [-0.1, -0.05) is 12.2 Å². The molecule has 0 unspecified atom stereocenters. The molecule has 0 spiro atoms. The third-order valence-electron chi connectivity index (χ3n) is 5.26.